The van der Waals surface area contributed by atoms with Gasteiger partial charge in [0.1, 0.15) is 0 Å². The van der Waals surface area contributed by atoms with Gasteiger partial charge < -0.3 is 10.6 Å². The van der Waals surface area contributed by atoms with E-state index >= 15 is 0 Å². The van der Waals surface area contributed by atoms with Gasteiger partial charge in [-0.3, -0.25) is 14.7 Å². The lowest BCUT2D eigenvalue weighted by molar-refractivity contribution is -0.128. The van der Waals surface area contributed by atoms with Crippen molar-refractivity contribution in [1.29, 1.82) is 0 Å². The second-order valence-corrected chi connectivity index (χ2v) is 8.09. The summed E-state index contributed by atoms with van der Waals surface area (Å²) in [4.78, 5) is 24.0. The zero-order chi connectivity index (χ0) is 18.1. The fourth-order valence-corrected chi connectivity index (χ4v) is 2.01. The van der Waals surface area contributed by atoms with Gasteiger partial charge in [-0.2, -0.15) is 5.10 Å². The van der Waals surface area contributed by atoms with Gasteiger partial charge in [0, 0.05) is 22.8 Å². The molecule has 1 aromatic carbocycles. The van der Waals surface area contributed by atoms with Crippen LogP contribution in [0.4, 0.5) is 5.82 Å². The van der Waals surface area contributed by atoms with E-state index in [-0.39, 0.29) is 11.8 Å². The predicted octanol–water partition coefficient (Wildman–Crippen LogP) is 3.21. The number of nitrogens with one attached hydrogen (secondary N) is 3. The third-order valence-corrected chi connectivity index (χ3v) is 3.67. The number of aromatic nitrogens is 2. The minimum absolute atomic E-state index is 0.00494. The fraction of sp³-hybridized carbons (Fsp3) is 0.500. The summed E-state index contributed by atoms with van der Waals surface area (Å²) in [5.74, 6) is 0.443. The quantitative estimate of drug-likeness (QED) is 0.807. The van der Waals surface area contributed by atoms with E-state index in [2.05, 4.69) is 20.8 Å². The maximum Gasteiger partial charge on any atom is 0.230 e. The molecule has 0 fully saturated rings. The van der Waals surface area contributed by atoms with Crippen molar-refractivity contribution in [2.75, 3.05) is 5.32 Å². The van der Waals surface area contributed by atoms with E-state index < -0.39 is 10.8 Å². The maximum atomic E-state index is 12.1. The second-order valence-electron chi connectivity index (χ2n) is 8.09. The van der Waals surface area contributed by atoms with Crippen molar-refractivity contribution in [2.24, 2.45) is 10.8 Å². The molecule has 2 rings (SSSR count). The van der Waals surface area contributed by atoms with Crippen LogP contribution in [-0.2, 0) is 16.1 Å². The summed E-state index contributed by atoms with van der Waals surface area (Å²) in [5.41, 5.74) is 0.893. The number of fused-ring (bicyclic) bond motifs is 1. The number of hydrogen-bond donors (Lipinski definition) is 3. The smallest absolute Gasteiger partial charge is 0.230 e. The van der Waals surface area contributed by atoms with Gasteiger partial charge in [0.2, 0.25) is 11.8 Å². The first-order chi connectivity index (χ1) is 11.0. The topological polar surface area (TPSA) is 86.9 Å². The molecule has 0 aliphatic rings. The zero-order valence-electron chi connectivity index (χ0n) is 15.2. The Kier molecular flexibility index (Phi) is 4.69. The van der Waals surface area contributed by atoms with Gasteiger partial charge in [-0.15, -0.1) is 0 Å². The SMILES string of the molecule is CC(C)(C)C(=O)NCc1ccc2c(NC(=O)C(C)(C)C)n[nH]c2c1. The summed E-state index contributed by atoms with van der Waals surface area (Å²) < 4.78 is 0. The molecule has 3 N–H and O–H groups in total. The number of aromatic amines is 1. The molecular formula is C18H26N4O2. The van der Waals surface area contributed by atoms with Crippen LogP contribution in [-0.4, -0.2) is 22.0 Å². The molecule has 130 valence electrons. The Balaban J connectivity index is 2.13. The third-order valence-electron chi connectivity index (χ3n) is 3.67. The molecule has 0 bridgehead atoms. The van der Waals surface area contributed by atoms with Crippen molar-refractivity contribution in [3.8, 4) is 0 Å². The van der Waals surface area contributed by atoms with Crippen LogP contribution in [0.2, 0.25) is 0 Å². The largest absolute Gasteiger partial charge is 0.352 e. The van der Waals surface area contributed by atoms with E-state index in [1.807, 2.05) is 59.7 Å². The summed E-state index contributed by atoms with van der Waals surface area (Å²) in [6.45, 7) is 11.7. The molecule has 0 aliphatic heterocycles. The molecular weight excluding hydrogens is 304 g/mol. The number of hydrogen-bond acceptors (Lipinski definition) is 3. The molecule has 0 aliphatic carbocycles. The first kappa shape index (κ1) is 18.0. The van der Waals surface area contributed by atoms with Crippen molar-refractivity contribution in [1.82, 2.24) is 15.5 Å². The van der Waals surface area contributed by atoms with Crippen LogP contribution < -0.4 is 10.6 Å². The number of carbonyl (C=O) groups excluding carboxylic acids is 2. The van der Waals surface area contributed by atoms with Crippen LogP contribution >= 0.6 is 0 Å². The summed E-state index contributed by atoms with van der Waals surface area (Å²) in [6.07, 6.45) is 0. The normalized spacial score (nSPS) is 12.2. The monoisotopic (exact) mass is 330 g/mol. The zero-order valence-corrected chi connectivity index (χ0v) is 15.2. The number of benzene rings is 1. The predicted molar refractivity (Wildman–Crippen MR) is 95.5 cm³/mol. The van der Waals surface area contributed by atoms with E-state index in [1.54, 1.807) is 0 Å². The molecule has 24 heavy (non-hydrogen) atoms. The average Bonchev–Trinajstić information content (AvgIpc) is 2.85. The third kappa shape index (κ3) is 4.13. The van der Waals surface area contributed by atoms with Crippen molar-refractivity contribution in [2.45, 2.75) is 48.1 Å². The van der Waals surface area contributed by atoms with Gasteiger partial charge in [-0.25, -0.2) is 0 Å². The van der Waals surface area contributed by atoms with Gasteiger partial charge in [-0.1, -0.05) is 47.6 Å². The summed E-state index contributed by atoms with van der Waals surface area (Å²) in [5, 5.41) is 13.7. The first-order valence-electron chi connectivity index (χ1n) is 8.05. The molecule has 0 unspecified atom stereocenters. The van der Waals surface area contributed by atoms with Crippen LogP contribution in [0.3, 0.4) is 0 Å². The molecule has 1 aromatic heterocycles. The van der Waals surface area contributed by atoms with E-state index in [0.717, 1.165) is 16.5 Å². The van der Waals surface area contributed by atoms with Crippen molar-refractivity contribution in [3.63, 3.8) is 0 Å². The van der Waals surface area contributed by atoms with Crippen LogP contribution in [0.5, 0.6) is 0 Å². The maximum absolute atomic E-state index is 12.1. The minimum atomic E-state index is -0.484. The summed E-state index contributed by atoms with van der Waals surface area (Å²) in [7, 11) is 0. The first-order valence-corrected chi connectivity index (χ1v) is 8.05. The minimum Gasteiger partial charge on any atom is -0.352 e. The van der Waals surface area contributed by atoms with E-state index in [1.165, 1.54) is 0 Å². The fourth-order valence-electron chi connectivity index (χ4n) is 2.01. The highest BCUT2D eigenvalue weighted by Gasteiger charge is 2.23. The highest BCUT2D eigenvalue weighted by atomic mass is 16.2. The molecule has 0 saturated carbocycles. The van der Waals surface area contributed by atoms with Crippen LogP contribution in [0, 0.1) is 10.8 Å². The van der Waals surface area contributed by atoms with Crippen molar-refractivity contribution >= 4 is 28.5 Å². The Morgan fingerprint density at radius 3 is 2.25 bits per heavy atom. The molecule has 0 saturated heterocycles. The Bertz CT molecular complexity index is 763. The number of H-pyrrole nitrogens is 1. The summed E-state index contributed by atoms with van der Waals surface area (Å²) >= 11 is 0. The molecule has 0 atom stereocenters. The van der Waals surface area contributed by atoms with E-state index in [9.17, 15) is 9.59 Å². The summed E-state index contributed by atoms with van der Waals surface area (Å²) in [6, 6.07) is 5.75. The van der Waals surface area contributed by atoms with E-state index in [0.29, 0.717) is 12.4 Å². The Hall–Kier alpha value is -2.37. The number of amides is 2. The van der Waals surface area contributed by atoms with Crippen molar-refractivity contribution < 1.29 is 9.59 Å². The molecule has 2 aromatic rings. The van der Waals surface area contributed by atoms with Crippen LogP contribution in [0.1, 0.15) is 47.1 Å². The molecule has 0 radical (unpaired) electrons. The van der Waals surface area contributed by atoms with Gasteiger partial charge in [-0.05, 0) is 17.7 Å². The highest BCUT2D eigenvalue weighted by Crippen LogP contribution is 2.24. The van der Waals surface area contributed by atoms with Crippen LogP contribution in [0.15, 0.2) is 18.2 Å². The lowest BCUT2D eigenvalue weighted by Crippen LogP contribution is -2.34. The number of carbonyl (C=O) groups is 2. The second kappa shape index (κ2) is 6.26. The number of nitrogens with zero attached hydrogens (tertiary/aromatic N) is 1. The molecule has 0 spiro atoms. The number of rotatable bonds is 3. The lowest BCUT2D eigenvalue weighted by atomic mass is 9.95. The lowest BCUT2D eigenvalue weighted by Gasteiger charge is -2.17. The molecule has 1 heterocycles. The Morgan fingerprint density at radius 2 is 1.67 bits per heavy atom. The van der Waals surface area contributed by atoms with Gasteiger partial charge in [0.25, 0.3) is 0 Å². The molecule has 6 nitrogen and oxygen atoms in total. The molecule has 6 heteroatoms. The average molecular weight is 330 g/mol. The standard InChI is InChI=1S/C18H26N4O2/c1-17(2,3)15(23)19-10-11-7-8-12-13(9-11)21-22-14(12)20-16(24)18(4,5)6/h7-9H,10H2,1-6H3,(H,19,23)(H2,20,21,22,24). The van der Waals surface area contributed by atoms with Crippen molar-refractivity contribution in [3.05, 3.63) is 23.8 Å². The highest BCUT2D eigenvalue weighted by molar-refractivity contribution is 6.01. The van der Waals surface area contributed by atoms with Gasteiger partial charge in [0.15, 0.2) is 5.82 Å². The van der Waals surface area contributed by atoms with Gasteiger partial charge >= 0.3 is 0 Å². The van der Waals surface area contributed by atoms with Gasteiger partial charge in [0.05, 0.1) is 5.52 Å². The molecule has 2 amide bonds. The number of anilines is 1. The Morgan fingerprint density at radius 1 is 1.04 bits per heavy atom. The van der Waals surface area contributed by atoms with Crippen LogP contribution in [0.25, 0.3) is 10.9 Å². The van der Waals surface area contributed by atoms with E-state index in [4.69, 9.17) is 0 Å². The Labute approximate surface area is 142 Å².